The third-order valence-corrected chi connectivity index (χ3v) is 6.29. The molecule has 0 atom stereocenters. The van der Waals surface area contributed by atoms with Crippen LogP contribution in [0, 0.1) is 18.6 Å². The number of aromatic nitrogens is 1. The monoisotopic (exact) mass is 503 g/mol. The first-order valence-corrected chi connectivity index (χ1v) is 11.6. The zero-order chi connectivity index (χ0) is 24.2. The lowest BCUT2D eigenvalue weighted by molar-refractivity contribution is 0.0528. The second-order valence-electron chi connectivity index (χ2n) is 7.44. The first kappa shape index (κ1) is 23.9. The van der Waals surface area contributed by atoms with Gasteiger partial charge in [-0.25, -0.2) is 18.6 Å². The van der Waals surface area contributed by atoms with E-state index in [0.29, 0.717) is 27.1 Å². The maximum absolute atomic E-state index is 13.9. The van der Waals surface area contributed by atoms with Gasteiger partial charge in [-0.15, -0.1) is 11.3 Å². The van der Waals surface area contributed by atoms with Crippen molar-refractivity contribution in [1.29, 1.82) is 0 Å². The van der Waals surface area contributed by atoms with Crippen LogP contribution in [0.4, 0.5) is 8.78 Å². The molecule has 0 fully saturated rings. The van der Waals surface area contributed by atoms with Crippen molar-refractivity contribution >= 4 is 39.0 Å². The summed E-state index contributed by atoms with van der Waals surface area (Å²) >= 11 is 7.69. The van der Waals surface area contributed by atoms with Gasteiger partial charge >= 0.3 is 5.97 Å². The van der Waals surface area contributed by atoms with E-state index in [-0.39, 0.29) is 30.5 Å². The molecule has 176 valence electrons. The van der Waals surface area contributed by atoms with Crippen LogP contribution in [-0.2, 0) is 18.0 Å². The first-order valence-electron chi connectivity index (χ1n) is 10.4. The second kappa shape index (κ2) is 10.4. The number of halogens is 3. The number of nitrogens with zero attached hydrogens (tertiary/aromatic N) is 1. The number of hydrogen-bond donors (Lipinski definition) is 0. The number of esters is 1. The minimum absolute atomic E-state index is 0.119. The molecule has 0 unspecified atom stereocenters. The molecule has 34 heavy (non-hydrogen) atoms. The van der Waals surface area contributed by atoms with Crippen LogP contribution in [0.5, 0.6) is 11.5 Å². The maximum atomic E-state index is 13.9. The number of carbonyl (C=O) groups excluding carboxylic acids is 1. The highest BCUT2D eigenvalue weighted by Crippen LogP contribution is 2.35. The third-order valence-electron chi connectivity index (χ3n) is 4.94. The summed E-state index contributed by atoms with van der Waals surface area (Å²) in [4.78, 5) is 16.4. The lowest BCUT2D eigenvalue weighted by Crippen LogP contribution is -2.05. The van der Waals surface area contributed by atoms with Crippen LogP contribution in [0.25, 0.3) is 10.1 Å². The number of thiophene rings is 1. The minimum Gasteiger partial charge on any atom is -0.489 e. The Morgan fingerprint density at radius 2 is 1.76 bits per heavy atom. The lowest BCUT2D eigenvalue weighted by atomic mass is 10.1. The number of aryl methyl sites for hydroxylation is 1. The topological polar surface area (TPSA) is 57.7 Å². The Balaban J connectivity index is 1.52. The summed E-state index contributed by atoms with van der Waals surface area (Å²) < 4.78 is 44.7. The van der Waals surface area contributed by atoms with Crippen molar-refractivity contribution in [2.24, 2.45) is 0 Å². The molecular formula is C25H20ClF2NO4S. The van der Waals surface area contributed by atoms with Crippen molar-refractivity contribution < 1.29 is 27.8 Å². The second-order valence-corrected chi connectivity index (χ2v) is 8.68. The average molecular weight is 504 g/mol. The van der Waals surface area contributed by atoms with E-state index in [0.717, 1.165) is 29.3 Å². The smallest absolute Gasteiger partial charge is 0.341 e. The largest absolute Gasteiger partial charge is 0.489 e. The van der Waals surface area contributed by atoms with Crippen molar-refractivity contribution in [1.82, 2.24) is 4.98 Å². The van der Waals surface area contributed by atoms with Gasteiger partial charge in [0.05, 0.1) is 16.9 Å². The summed E-state index contributed by atoms with van der Waals surface area (Å²) in [5.41, 5.74) is 2.11. The van der Waals surface area contributed by atoms with Gasteiger partial charge in [0.2, 0.25) is 0 Å². The van der Waals surface area contributed by atoms with Crippen LogP contribution < -0.4 is 9.47 Å². The summed E-state index contributed by atoms with van der Waals surface area (Å²) in [6.45, 7) is 3.91. The van der Waals surface area contributed by atoms with E-state index in [1.165, 1.54) is 17.5 Å². The summed E-state index contributed by atoms with van der Waals surface area (Å²) in [7, 11) is 0. The highest BCUT2D eigenvalue weighted by atomic mass is 35.5. The van der Waals surface area contributed by atoms with Crippen LogP contribution in [0.3, 0.4) is 0 Å². The predicted octanol–water partition coefficient (Wildman–Crippen LogP) is 6.87. The molecule has 0 amide bonds. The average Bonchev–Trinajstić information content (AvgIpc) is 3.23. The number of benzene rings is 2. The SMILES string of the molecule is CCOC(=O)c1cnc(Cl)c2c(COc3cc(C)cc(OCc4cc(F)ccc4F)c3)csc12. The quantitative estimate of drug-likeness (QED) is 0.194. The molecule has 9 heteroatoms. The van der Waals surface area contributed by atoms with E-state index < -0.39 is 17.6 Å². The third kappa shape index (κ3) is 5.29. The lowest BCUT2D eigenvalue weighted by Gasteiger charge is -2.12. The van der Waals surface area contributed by atoms with Gasteiger partial charge in [0.1, 0.15) is 41.5 Å². The molecule has 5 nitrogen and oxygen atoms in total. The number of hydrogen-bond acceptors (Lipinski definition) is 6. The fourth-order valence-electron chi connectivity index (χ4n) is 3.38. The highest BCUT2D eigenvalue weighted by Gasteiger charge is 2.19. The summed E-state index contributed by atoms with van der Waals surface area (Å²) in [5, 5.41) is 2.78. The highest BCUT2D eigenvalue weighted by molar-refractivity contribution is 7.17. The standard InChI is InChI=1S/C25H20ClF2NO4S/c1-3-31-25(30)20-10-29-24(26)22-16(13-34-23(20)22)12-33-19-7-14(2)6-18(9-19)32-11-15-8-17(27)4-5-21(15)28/h4-10,13H,3,11-12H2,1-2H3. The van der Waals surface area contributed by atoms with Gasteiger partial charge in [-0.05, 0) is 55.1 Å². The normalized spacial score (nSPS) is 11.0. The van der Waals surface area contributed by atoms with E-state index in [4.69, 9.17) is 25.8 Å². The summed E-state index contributed by atoms with van der Waals surface area (Å²) in [6.07, 6.45) is 1.41. The molecule has 2 heterocycles. The molecule has 0 radical (unpaired) electrons. The molecule has 0 aliphatic rings. The molecule has 4 aromatic rings. The van der Waals surface area contributed by atoms with Gasteiger partial charge in [0.15, 0.2) is 0 Å². The van der Waals surface area contributed by atoms with E-state index in [2.05, 4.69) is 4.98 Å². The molecule has 0 aliphatic heterocycles. The van der Waals surface area contributed by atoms with Crippen LogP contribution >= 0.6 is 22.9 Å². The Labute approximate surface area is 203 Å². The summed E-state index contributed by atoms with van der Waals surface area (Å²) in [5.74, 6) is -0.544. The van der Waals surface area contributed by atoms with Crippen LogP contribution in [0.2, 0.25) is 5.15 Å². The molecule has 2 aromatic heterocycles. The zero-order valence-corrected chi connectivity index (χ0v) is 19.9. The Kier molecular flexibility index (Phi) is 7.29. The van der Waals surface area contributed by atoms with Crippen molar-refractivity contribution in [3.05, 3.63) is 87.0 Å². The van der Waals surface area contributed by atoms with Crippen molar-refractivity contribution in [2.75, 3.05) is 6.61 Å². The summed E-state index contributed by atoms with van der Waals surface area (Å²) in [6, 6.07) is 8.50. The molecular weight excluding hydrogens is 484 g/mol. The van der Waals surface area contributed by atoms with Gasteiger partial charge in [0.25, 0.3) is 0 Å². The Morgan fingerprint density at radius 1 is 1.06 bits per heavy atom. The Hall–Kier alpha value is -3.23. The van der Waals surface area contributed by atoms with Crippen LogP contribution in [0.15, 0.2) is 48.0 Å². The molecule has 4 rings (SSSR count). The fraction of sp³-hybridized carbons (Fsp3) is 0.200. The minimum atomic E-state index is -0.539. The number of pyridine rings is 1. The maximum Gasteiger partial charge on any atom is 0.341 e. The van der Waals surface area contributed by atoms with E-state index in [1.807, 2.05) is 18.4 Å². The van der Waals surface area contributed by atoms with Crippen molar-refractivity contribution in [2.45, 2.75) is 27.1 Å². The fourth-order valence-corrected chi connectivity index (χ4v) is 4.75. The van der Waals surface area contributed by atoms with Crippen LogP contribution in [-0.4, -0.2) is 17.6 Å². The number of rotatable bonds is 8. The van der Waals surface area contributed by atoms with Gasteiger partial charge in [-0.3, -0.25) is 0 Å². The van der Waals surface area contributed by atoms with Gasteiger partial charge in [-0.2, -0.15) is 0 Å². The zero-order valence-electron chi connectivity index (χ0n) is 18.4. The van der Waals surface area contributed by atoms with E-state index in [9.17, 15) is 13.6 Å². The van der Waals surface area contributed by atoms with E-state index >= 15 is 0 Å². The molecule has 0 saturated carbocycles. The van der Waals surface area contributed by atoms with E-state index in [1.54, 1.807) is 19.1 Å². The molecule has 0 saturated heterocycles. The number of ether oxygens (including phenoxy) is 3. The number of fused-ring (bicyclic) bond motifs is 1. The predicted molar refractivity (Wildman–Crippen MR) is 127 cm³/mol. The number of carbonyl (C=O) groups is 1. The van der Waals surface area contributed by atoms with Crippen molar-refractivity contribution in [3.63, 3.8) is 0 Å². The molecule has 0 N–H and O–H groups in total. The molecule has 0 bridgehead atoms. The Morgan fingerprint density at radius 3 is 2.47 bits per heavy atom. The molecule has 0 spiro atoms. The van der Waals surface area contributed by atoms with Crippen molar-refractivity contribution in [3.8, 4) is 11.5 Å². The molecule has 0 aliphatic carbocycles. The first-order chi connectivity index (χ1) is 16.4. The Bertz CT molecular complexity index is 1360. The van der Waals surface area contributed by atoms with Crippen LogP contribution in [0.1, 0.15) is 34.0 Å². The van der Waals surface area contributed by atoms with Gasteiger partial charge in [0, 0.05) is 28.8 Å². The molecule has 2 aromatic carbocycles. The van der Waals surface area contributed by atoms with Gasteiger partial charge in [-0.1, -0.05) is 11.6 Å². The van der Waals surface area contributed by atoms with Gasteiger partial charge < -0.3 is 14.2 Å².